The van der Waals surface area contributed by atoms with E-state index in [4.69, 9.17) is 5.73 Å². The maximum Gasteiger partial charge on any atom is 0.270 e. The summed E-state index contributed by atoms with van der Waals surface area (Å²) < 4.78 is 13.1. The molecule has 1 saturated carbocycles. The molecule has 24 heavy (non-hydrogen) atoms. The predicted octanol–water partition coefficient (Wildman–Crippen LogP) is 1.65. The number of hydrogen-bond acceptors (Lipinski definition) is 4. The fourth-order valence-corrected chi connectivity index (χ4v) is 3.02. The molecule has 0 bridgehead atoms. The maximum atomic E-state index is 13.1. The standard InChI is InChI=1S/C17H21FN4O2/c1-10(2)21(12-7-8-12)17(24)14-9-15(16(19)23)22(20-14)13-5-3-11(18)4-6-13/h3-6,10,12,15H,7-9H2,1-2H3,(H2,19,23). The van der Waals surface area contributed by atoms with Gasteiger partial charge in [0, 0.05) is 18.5 Å². The first-order valence-corrected chi connectivity index (χ1v) is 8.12. The molecule has 0 spiro atoms. The molecule has 1 aliphatic heterocycles. The molecule has 1 heterocycles. The number of halogens is 1. The van der Waals surface area contributed by atoms with Crippen molar-refractivity contribution in [1.29, 1.82) is 0 Å². The second-order valence-electron chi connectivity index (χ2n) is 6.53. The van der Waals surface area contributed by atoms with E-state index in [0.29, 0.717) is 11.4 Å². The highest BCUT2D eigenvalue weighted by atomic mass is 19.1. The summed E-state index contributed by atoms with van der Waals surface area (Å²) in [6.45, 7) is 3.93. The molecule has 6 nitrogen and oxygen atoms in total. The Balaban J connectivity index is 1.88. The molecule has 2 amide bonds. The van der Waals surface area contributed by atoms with Crippen molar-refractivity contribution in [3.63, 3.8) is 0 Å². The highest BCUT2D eigenvalue weighted by molar-refractivity contribution is 6.40. The topological polar surface area (TPSA) is 79.0 Å². The molecule has 3 rings (SSSR count). The van der Waals surface area contributed by atoms with E-state index in [0.717, 1.165) is 12.8 Å². The zero-order valence-corrected chi connectivity index (χ0v) is 13.8. The molecule has 1 atom stereocenters. The minimum absolute atomic E-state index is 0.0691. The largest absolute Gasteiger partial charge is 0.368 e. The first-order valence-electron chi connectivity index (χ1n) is 8.12. The molecule has 1 unspecified atom stereocenters. The van der Waals surface area contributed by atoms with Crippen molar-refractivity contribution in [2.75, 3.05) is 5.01 Å². The predicted molar refractivity (Wildman–Crippen MR) is 88.9 cm³/mol. The zero-order valence-electron chi connectivity index (χ0n) is 13.8. The van der Waals surface area contributed by atoms with Crippen LogP contribution in [0.1, 0.15) is 33.1 Å². The molecule has 2 aliphatic rings. The van der Waals surface area contributed by atoms with Gasteiger partial charge in [-0.05, 0) is 51.0 Å². The van der Waals surface area contributed by atoms with Crippen molar-refractivity contribution in [3.8, 4) is 0 Å². The highest BCUT2D eigenvalue weighted by Gasteiger charge is 2.41. The second-order valence-corrected chi connectivity index (χ2v) is 6.53. The number of primary amides is 1. The average molecular weight is 332 g/mol. The number of carbonyl (C=O) groups excluding carboxylic acids is 2. The number of rotatable bonds is 5. The van der Waals surface area contributed by atoms with Crippen LogP contribution in [0.3, 0.4) is 0 Å². The third kappa shape index (κ3) is 3.11. The summed E-state index contributed by atoms with van der Waals surface area (Å²) in [6, 6.07) is 5.20. The van der Waals surface area contributed by atoms with E-state index < -0.39 is 11.9 Å². The third-order valence-corrected chi connectivity index (χ3v) is 4.31. The van der Waals surface area contributed by atoms with Crippen LogP contribution in [0.4, 0.5) is 10.1 Å². The Morgan fingerprint density at radius 3 is 2.42 bits per heavy atom. The van der Waals surface area contributed by atoms with Gasteiger partial charge in [-0.1, -0.05) is 0 Å². The van der Waals surface area contributed by atoms with Crippen LogP contribution in [0.25, 0.3) is 0 Å². The van der Waals surface area contributed by atoms with Gasteiger partial charge in [-0.3, -0.25) is 14.6 Å². The van der Waals surface area contributed by atoms with Crippen molar-refractivity contribution in [3.05, 3.63) is 30.1 Å². The molecule has 2 N–H and O–H groups in total. The number of nitrogens with two attached hydrogens (primary N) is 1. The van der Waals surface area contributed by atoms with Crippen LogP contribution in [-0.4, -0.2) is 40.6 Å². The lowest BCUT2D eigenvalue weighted by molar-refractivity contribution is -0.126. The van der Waals surface area contributed by atoms with E-state index in [-0.39, 0.29) is 30.2 Å². The molecular formula is C17H21FN4O2. The van der Waals surface area contributed by atoms with Crippen LogP contribution >= 0.6 is 0 Å². The molecule has 0 radical (unpaired) electrons. The van der Waals surface area contributed by atoms with Crippen LogP contribution in [0.2, 0.25) is 0 Å². The fraction of sp³-hybridized carbons (Fsp3) is 0.471. The molecule has 128 valence electrons. The fourth-order valence-electron chi connectivity index (χ4n) is 3.02. The summed E-state index contributed by atoms with van der Waals surface area (Å²) in [5.74, 6) is -1.09. The lowest BCUT2D eigenvalue weighted by Crippen LogP contribution is -2.43. The van der Waals surface area contributed by atoms with Gasteiger partial charge in [-0.25, -0.2) is 4.39 Å². The summed E-state index contributed by atoms with van der Waals surface area (Å²) in [5, 5.41) is 5.76. The number of hydrazone groups is 1. The molecule has 1 aromatic carbocycles. The van der Waals surface area contributed by atoms with Gasteiger partial charge in [0.1, 0.15) is 17.6 Å². The van der Waals surface area contributed by atoms with Gasteiger partial charge < -0.3 is 10.6 Å². The van der Waals surface area contributed by atoms with E-state index in [1.54, 1.807) is 0 Å². The zero-order chi connectivity index (χ0) is 17.4. The first-order chi connectivity index (χ1) is 11.4. The Bertz CT molecular complexity index is 680. The maximum absolute atomic E-state index is 13.1. The van der Waals surface area contributed by atoms with Gasteiger partial charge in [-0.2, -0.15) is 5.10 Å². The van der Waals surface area contributed by atoms with Crippen LogP contribution in [0.5, 0.6) is 0 Å². The van der Waals surface area contributed by atoms with Crippen molar-refractivity contribution in [2.45, 2.75) is 51.2 Å². The number of benzene rings is 1. The Labute approximate surface area is 140 Å². The lowest BCUT2D eigenvalue weighted by Gasteiger charge is -2.26. The van der Waals surface area contributed by atoms with Gasteiger partial charge in [0.2, 0.25) is 5.91 Å². The van der Waals surface area contributed by atoms with E-state index in [2.05, 4.69) is 5.10 Å². The summed E-state index contributed by atoms with van der Waals surface area (Å²) in [7, 11) is 0. The quantitative estimate of drug-likeness (QED) is 0.890. The van der Waals surface area contributed by atoms with Crippen molar-refractivity contribution in [2.24, 2.45) is 10.8 Å². The number of nitrogens with zero attached hydrogens (tertiary/aromatic N) is 3. The number of anilines is 1. The smallest absolute Gasteiger partial charge is 0.270 e. The van der Waals surface area contributed by atoms with Crippen molar-refractivity contribution in [1.82, 2.24) is 4.90 Å². The van der Waals surface area contributed by atoms with Gasteiger partial charge in [0.15, 0.2) is 0 Å². The number of amides is 2. The minimum Gasteiger partial charge on any atom is -0.368 e. The van der Waals surface area contributed by atoms with Crippen molar-refractivity contribution >= 4 is 23.2 Å². The van der Waals surface area contributed by atoms with E-state index in [1.807, 2.05) is 18.7 Å². The first kappa shape index (κ1) is 16.4. The van der Waals surface area contributed by atoms with Gasteiger partial charge in [-0.15, -0.1) is 0 Å². The number of hydrogen-bond donors (Lipinski definition) is 1. The molecule has 1 aromatic rings. The highest BCUT2D eigenvalue weighted by Crippen LogP contribution is 2.31. The third-order valence-electron chi connectivity index (χ3n) is 4.31. The van der Waals surface area contributed by atoms with E-state index >= 15 is 0 Å². The summed E-state index contributed by atoms with van der Waals surface area (Å²) in [6.07, 6.45) is 2.16. The van der Waals surface area contributed by atoms with E-state index in [9.17, 15) is 14.0 Å². The summed E-state index contributed by atoms with van der Waals surface area (Å²) in [5.41, 5.74) is 6.33. The van der Waals surface area contributed by atoms with Crippen LogP contribution in [0, 0.1) is 5.82 Å². The summed E-state index contributed by atoms with van der Waals surface area (Å²) in [4.78, 5) is 26.4. The average Bonchev–Trinajstić information content (AvgIpc) is 3.24. The van der Waals surface area contributed by atoms with Gasteiger partial charge in [0.25, 0.3) is 5.91 Å². The molecule has 1 aliphatic carbocycles. The summed E-state index contributed by atoms with van der Waals surface area (Å²) >= 11 is 0. The van der Waals surface area contributed by atoms with E-state index in [1.165, 1.54) is 29.3 Å². The Morgan fingerprint density at radius 1 is 1.29 bits per heavy atom. The van der Waals surface area contributed by atoms with Crippen LogP contribution in [0.15, 0.2) is 29.4 Å². The normalized spacial score (nSPS) is 20.2. The molecular weight excluding hydrogens is 311 g/mol. The Kier molecular flexibility index (Phi) is 4.26. The Hall–Kier alpha value is -2.44. The van der Waals surface area contributed by atoms with Crippen LogP contribution < -0.4 is 10.7 Å². The van der Waals surface area contributed by atoms with Gasteiger partial charge >= 0.3 is 0 Å². The Morgan fingerprint density at radius 2 is 1.92 bits per heavy atom. The van der Waals surface area contributed by atoms with Gasteiger partial charge in [0.05, 0.1) is 5.69 Å². The SMILES string of the molecule is CC(C)N(C(=O)C1=NN(c2ccc(F)cc2)C(C(N)=O)C1)C1CC1. The number of carbonyl (C=O) groups is 2. The molecule has 1 fully saturated rings. The van der Waals surface area contributed by atoms with Crippen LogP contribution in [-0.2, 0) is 9.59 Å². The molecule has 7 heteroatoms. The minimum atomic E-state index is -0.734. The molecule has 0 aromatic heterocycles. The van der Waals surface area contributed by atoms with Crippen molar-refractivity contribution < 1.29 is 14.0 Å². The molecule has 0 saturated heterocycles. The lowest BCUT2D eigenvalue weighted by atomic mass is 10.1. The monoisotopic (exact) mass is 332 g/mol. The second kappa shape index (κ2) is 6.22.